The number of para-hydroxylation sites is 1. The van der Waals surface area contributed by atoms with Gasteiger partial charge in [-0.1, -0.05) is 38.5 Å². The zero-order valence-corrected chi connectivity index (χ0v) is 17.5. The van der Waals surface area contributed by atoms with E-state index in [1.807, 2.05) is 31.2 Å². The van der Waals surface area contributed by atoms with E-state index in [-0.39, 0.29) is 24.9 Å². The molecule has 3 N–H and O–H groups in total. The highest BCUT2D eigenvalue weighted by Gasteiger charge is 2.10. The average Bonchev–Trinajstić information content (AvgIpc) is 2.77. The van der Waals surface area contributed by atoms with Crippen molar-refractivity contribution in [2.45, 2.75) is 33.1 Å². The van der Waals surface area contributed by atoms with Crippen LogP contribution in [0.3, 0.4) is 0 Å². The van der Waals surface area contributed by atoms with Crippen molar-refractivity contribution in [3.63, 3.8) is 0 Å². The third-order valence-corrected chi connectivity index (χ3v) is 4.41. The molecule has 0 spiro atoms. The molecule has 0 aliphatic carbocycles. The quantitative estimate of drug-likeness (QED) is 0.495. The Morgan fingerprint density at radius 2 is 1.57 bits per heavy atom. The molecule has 0 aromatic heterocycles. The van der Waals surface area contributed by atoms with Gasteiger partial charge in [-0.05, 0) is 48.7 Å². The van der Waals surface area contributed by atoms with Gasteiger partial charge in [-0.15, -0.1) is 0 Å². The van der Waals surface area contributed by atoms with E-state index in [1.165, 1.54) is 0 Å². The normalized spacial score (nSPS) is 10.2. The van der Waals surface area contributed by atoms with E-state index in [9.17, 15) is 14.4 Å². The highest BCUT2D eigenvalue weighted by Crippen LogP contribution is 2.15. The number of aryl methyl sites for hydroxylation is 1. The minimum absolute atomic E-state index is 0.170. The first-order valence-corrected chi connectivity index (χ1v) is 10.2. The summed E-state index contributed by atoms with van der Waals surface area (Å²) in [6, 6.07) is 14.2. The predicted octanol–water partition coefficient (Wildman–Crippen LogP) is 2.91. The molecule has 0 saturated carbocycles. The molecule has 0 saturated heterocycles. The van der Waals surface area contributed by atoms with E-state index in [1.54, 1.807) is 24.3 Å². The monoisotopic (exact) mass is 411 g/mol. The van der Waals surface area contributed by atoms with Crippen LogP contribution in [0.25, 0.3) is 0 Å². The Labute approximate surface area is 177 Å². The summed E-state index contributed by atoms with van der Waals surface area (Å²) in [6.45, 7) is 4.34. The molecule has 30 heavy (non-hydrogen) atoms. The Balaban J connectivity index is 1.72. The van der Waals surface area contributed by atoms with Gasteiger partial charge in [-0.2, -0.15) is 0 Å². The number of nitrogens with one attached hydrogen (secondary N) is 3. The summed E-state index contributed by atoms with van der Waals surface area (Å²) >= 11 is 0. The number of rotatable bonds is 11. The topological polar surface area (TPSA) is 96.5 Å². The number of hydrogen-bond acceptors (Lipinski definition) is 4. The maximum Gasteiger partial charge on any atom is 0.251 e. The molecule has 0 unspecified atom stereocenters. The van der Waals surface area contributed by atoms with Gasteiger partial charge in [0.2, 0.25) is 11.8 Å². The molecule has 2 aromatic carbocycles. The van der Waals surface area contributed by atoms with Gasteiger partial charge in [0.05, 0.1) is 19.7 Å². The zero-order chi connectivity index (χ0) is 21.8. The van der Waals surface area contributed by atoms with Crippen molar-refractivity contribution < 1.29 is 19.1 Å². The molecule has 0 bridgehead atoms. The molecule has 7 heteroatoms. The first-order chi connectivity index (χ1) is 14.5. The summed E-state index contributed by atoms with van der Waals surface area (Å²) in [7, 11) is 0. The molecule has 0 radical (unpaired) electrons. The van der Waals surface area contributed by atoms with Crippen LogP contribution in [0.1, 0.15) is 42.6 Å². The molecule has 160 valence electrons. The summed E-state index contributed by atoms with van der Waals surface area (Å²) < 4.78 is 5.56. The second kappa shape index (κ2) is 12.3. The van der Waals surface area contributed by atoms with Crippen LogP contribution in [0.4, 0.5) is 5.69 Å². The molecule has 3 amide bonds. The van der Waals surface area contributed by atoms with Crippen LogP contribution >= 0.6 is 0 Å². The molecule has 2 rings (SSSR count). The summed E-state index contributed by atoms with van der Waals surface area (Å²) in [5, 5.41) is 7.82. The van der Waals surface area contributed by atoms with Gasteiger partial charge < -0.3 is 20.7 Å². The molecule has 0 fully saturated rings. The van der Waals surface area contributed by atoms with Gasteiger partial charge >= 0.3 is 0 Å². The summed E-state index contributed by atoms with van der Waals surface area (Å²) in [5.74, 6) is -0.434. The van der Waals surface area contributed by atoms with Crippen LogP contribution in [0.15, 0.2) is 48.5 Å². The molecule has 7 nitrogen and oxygen atoms in total. The summed E-state index contributed by atoms with van der Waals surface area (Å²) in [5.41, 5.74) is 2.18. The highest BCUT2D eigenvalue weighted by atomic mass is 16.5. The first kappa shape index (κ1) is 22.9. The van der Waals surface area contributed by atoms with Gasteiger partial charge in [0.15, 0.2) is 0 Å². The highest BCUT2D eigenvalue weighted by molar-refractivity contribution is 5.98. The second-order valence-corrected chi connectivity index (χ2v) is 6.74. The fraction of sp³-hybridized carbons (Fsp3) is 0.348. The number of amides is 3. The molecule has 2 aromatic rings. The Morgan fingerprint density at radius 3 is 2.27 bits per heavy atom. The lowest BCUT2D eigenvalue weighted by molar-refractivity contribution is -0.123. The van der Waals surface area contributed by atoms with Crippen molar-refractivity contribution >= 4 is 23.4 Å². The van der Waals surface area contributed by atoms with E-state index in [0.29, 0.717) is 17.9 Å². The van der Waals surface area contributed by atoms with Crippen molar-refractivity contribution in [1.29, 1.82) is 0 Å². The van der Waals surface area contributed by atoms with Gasteiger partial charge in [-0.25, -0.2) is 0 Å². The van der Waals surface area contributed by atoms with E-state index < -0.39 is 5.91 Å². The number of carbonyl (C=O) groups is 3. The van der Waals surface area contributed by atoms with Crippen molar-refractivity contribution in [2.75, 3.05) is 25.0 Å². The van der Waals surface area contributed by atoms with Crippen LogP contribution in [0.2, 0.25) is 0 Å². The van der Waals surface area contributed by atoms with Gasteiger partial charge in [-0.3, -0.25) is 14.4 Å². The Hall–Kier alpha value is -3.35. The Kier molecular flexibility index (Phi) is 9.37. The molecule has 0 atom stereocenters. The number of unbranched alkanes of at least 4 members (excludes halogenated alkanes) is 1. The van der Waals surface area contributed by atoms with E-state index in [4.69, 9.17) is 4.74 Å². The zero-order valence-electron chi connectivity index (χ0n) is 17.5. The van der Waals surface area contributed by atoms with E-state index in [0.717, 1.165) is 30.5 Å². The number of carbonyl (C=O) groups excluding carboxylic acids is 3. The fourth-order valence-electron chi connectivity index (χ4n) is 2.69. The number of ether oxygens (including phenoxy) is 1. The van der Waals surface area contributed by atoms with Gasteiger partial charge in [0.1, 0.15) is 5.75 Å². The maximum absolute atomic E-state index is 12.2. The molecular formula is C23H29N3O4. The van der Waals surface area contributed by atoms with Crippen molar-refractivity contribution in [1.82, 2.24) is 10.6 Å². The molecule has 0 heterocycles. The third kappa shape index (κ3) is 7.58. The maximum atomic E-state index is 12.2. The number of anilines is 1. The molecule has 0 aliphatic heterocycles. The first-order valence-electron chi connectivity index (χ1n) is 10.2. The summed E-state index contributed by atoms with van der Waals surface area (Å²) in [4.78, 5) is 36.1. The standard InChI is InChI=1S/C23H29N3O4/c1-3-5-14-30-19-12-10-18(11-13-19)23(29)25-15-21(27)24-16-22(28)26-20-9-7-6-8-17(20)4-2/h6-13H,3-5,14-16H2,1-2H3,(H,24,27)(H,25,29)(H,26,28). The minimum atomic E-state index is -0.443. The van der Waals surface area contributed by atoms with Crippen molar-refractivity contribution in [3.05, 3.63) is 59.7 Å². The molecular weight excluding hydrogens is 382 g/mol. The van der Waals surface area contributed by atoms with Crippen LogP contribution in [0.5, 0.6) is 5.75 Å². The van der Waals surface area contributed by atoms with Gasteiger partial charge in [0, 0.05) is 11.3 Å². The van der Waals surface area contributed by atoms with Crippen LogP contribution < -0.4 is 20.7 Å². The van der Waals surface area contributed by atoms with Crippen molar-refractivity contribution in [3.8, 4) is 5.75 Å². The lowest BCUT2D eigenvalue weighted by Crippen LogP contribution is -2.40. The SMILES string of the molecule is CCCCOc1ccc(C(=O)NCC(=O)NCC(=O)Nc2ccccc2CC)cc1. The summed E-state index contributed by atoms with van der Waals surface area (Å²) in [6.07, 6.45) is 2.82. The number of benzene rings is 2. The van der Waals surface area contributed by atoms with E-state index >= 15 is 0 Å². The van der Waals surface area contributed by atoms with Gasteiger partial charge in [0.25, 0.3) is 5.91 Å². The van der Waals surface area contributed by atoms with Crippen LogP contribution in [-0.2, 0) is 16.0 Å². The second-order valence-electron chi connectivity index (χ2n) is 6.74. The lowest BCUT2D eigenvalue weighted by Gasteiger charge is -2.11. The lowest BCUT2D eigenvalue weighted by atomic mass is 10.1. The predicted molar refractivity (Wildman–Crippen MR) is 117 cm³/mol. The van der Waals surface area contributed by atoms with Crippen molar-refractivity contribution in [2.24, 2.45) is 0 Å². The smallest absolute Gasteiger partial charge is 0.251 e. The largest absolute Gasteiger partial charge is 0.494 e. The van der Waals surface area contributed by atoms with E-state index in [2.05, 4.69) is 22.9 Å². The minimum Gasteiger partial charge on any atom is -0.494 e. The van der Waals surface area contributed by atoms with Crippen LogP contribution in [0, 0.1) is 0 Å². The fourth-order valence-corrected chi connectivity index (χ4v) is 2.69. The Morgan fingerprint density at radius 1 is 0.867 bits per heavy atom. The molecule has 0 aliphatic rings. The average molecular weight is 412 g/mol. The Bertz CT molecular complexity index is 850. The third-order valence-electron chi connectivity index (χ3n) is 4.41. The van der Waals surface area contributed by atoms with Crippen LogP contribution in [-0.4, -0.2) is 37.4 Å². The number of hydrogen-bond donors (Lipinski definition) is 3.